The fraction of sp³-hybridized carbons (Fsp3) is 0.318. The van der Waals surface area contributed by atoms with Gasteiger partial charge in [-0.25, -0.2) is 4.68 Å². The first kappa shape index (κ1) is 20.5. The van der Waals surface area contributed by atoms with E-state index in [4.69, 9.17) is 0 Å². The number of nitrogens with zero attached hydrogens (tertiary/aromatic N) is 4. The Morgan fingerprint density at radius 3 is 2.39 bits per heavy atom. The van der Waals surface area contributed by atoms with Crippen LogP contribution in [0.5, 0.6) is 0 Å². The Kier molecular flexibility index (Phi) is 5.66. The van der Waals surface area contributed by atoms with Crippen LogP contribution < -0.4 is 16.0 Å². The summed E-state index contributed by atoms with van der Waals surface area (Å²) in [5, 5.41) is 21.8. The number of amides is 2. The van der Waals surface area contributed by atoms with E-state index in [1.54, 1.807) is 4.68 Å². The lowest BCUT2D eigenvalue weighted by Gasteiger charge is -2.21. The zero-order valence-electron chi connectivity index (χ0n) is 17.8. The predicted molar refractivity (Wildman–Crippen MR) is 117 cm³/mol. The van der Waals surface area contributed by atoms with Crippen LogP contribution in [0.3, 0.4) is 0 Å². The maximum atomic E-state index is 12.3. The van der Waals surface area contributed by atoms with Gasteiger partial charge in [0, 0.05) is 30.0 Å². The van der Waals surface area contributed by atoms with E-state index in [-0.39, 0.29) is 17.7 Å². The number of aryl methyl sites for hydroxylation is 1. The first-order chi connectivity index (χ1) is 14.9. The van der Waals surface area contributed by atoms with Crippen LogP contribution >= 0.6 is 0 Å². The molecule has 31 heavy (non-hydrogen) atoms. The van der Waals surface area contributed by atoms with Gasteiger partial charge in [-0.15, -0.1) is 10.2 Å². The van der Waals surface area contributed by atoms with E-state index >= 15 is 0 Å². The molecular weight excluding hydrogens is 394 g/mol. The van der Waals surface area contributed by atoms with Gasteiger partial charge < -0.3 is 16.0 Å². The molecule has 0 aliphatic carbocycles. The molecule has 9 nitrogen and oxygen atoms in total. The van der Waals surface area contributed by atoms with Crippen molar-refractivity contribution in [1.29, 1.82) is 0 Å². The minimum Gasteiger partial charge on any atom is -0.355 e. The second-order valence-electron chi connectivity index (χ2n) is 7.72. The van der Waals surface area contributed by atoms with Crippen LogP contribution in [0, 0.1) is 26.7 Å². The summed E-state index contributed by atoms with van der Waals surface area (Å²) in [7, 11) is 0. The van der Waals surface area contributed by atoms with Crippen LogP contribution in [0.1, 0.15) is 29.8 Å². The molecule has 160 valence electrons. The second-order valence-corrected chi connectivity index (χ2v) is 7.72. The number of aromatic nitrogens is 4. The molecule has 0 saturated carbocycles. The third kappa shape index (κ3) is 4.55. The first-order valence-corrected chi connectivity index (χ1v) is 10.2. The van der Waals surface area contributed by atoms with E-state index in [2.05, 4.69) is 31.2 Å². The van der Waals surface area contributed by atoms with E-state index < -0.39 is 0 Å². The van der Waals surface area contributed by atoms with Gasteiger partial charge in [0.2, 0.25) is 11.8 Å². The minimum atomic E-state index is -0.199. The van der Waals surface area contributed by atoms with E-state index in [0.717, 1.165) is 22.6 Å². The van der Waals surface area contributed by atoms with Crippen molar-refractivity contribution >= 4 is 29.0 Å². The Morgan fingerprint density at radius 1 is 1.06 bits per heavy atom. The fourth-order valence-electron chi connectivity index (χ4n) is 3.43. The third-order valence-electron chi connectivity index (χ3n) is 5.58. The SMILES string of the molecule is Cc1nn(-c2ccc(Nc3ccc(NC(=O)C4CCC(=O)NC4)cc3)nn2)c(C)c1C. The zero-order valence-corrected chi connectivity index (χ0v) is 17.8. The van der Waals surface area contributed by atoms with Crippen LogP contribution in [-0.4, -0.2) is 38.3 Å². The number of rotatable bonds is 5. The van der Waals surface area contributed by atoms with Crippen molar-refractivity contribution in [2.24, 2.45) is 5.92 Å². The molecule has 1 aliphatic rings. The molecule has 0 spiro atoms. The van der Waals surface area contributed by atoms with Crippen molar-refractivity contribution in [3.8, 4) is 5.82 Å². The maximum absolute atomic E-state index is 12.3. The standard InChI is InChI=1S/C22H25N7O2/c1-13-14(2)28-29(15(13)3)20-10-9-19(26-27-20)24-17-5-7-18(8-6-17)25-22(31)16-4-11-21(30)23-12-16/h5-10,16H,4,11-12H2,1-3H3,(H,23,30)(H,24,26)(H,25,31). The number of hydrogen-bond acceptors (Lipinski definition) is 6. The highest BCUT2D eigenvalue weighted by atomic mass is 16.2. The molecular formula is C22H25N7O2. The number of piperidine rings is 1. The van der Waals surface area contributed by atoms with Gasteiger partial charge in [0.1, 0.15) is 0 Å². The van der Waals surface area contributed by atoms with E-state index in [1.165, 1.54) is 0 Å². The second kappa shape index (κ2) is 8.55. The molecule has 2 aromatic heterocycles. The van der Waals surface area contributed by atoms with Crippen LogP contribution in [0.25, 0.3) is 5.82 Å². The normalized spacial score (nSPS) is 16.0. The van der Waals surface area contributed by atoms with E-state index in [9.17, 15) is 9.59 Å². The fourth-order valence-corrected chi connectivity index (χ4v) is 3.43. The smallest absolute Gasteiger partial charge is 0.229 e. The van der Waals surface area contributed by atoms with Gasteiger partial charge in [0.25, 0.3) is 0 Å². The summed E-state index contributed by atoms with van der Waals surface area (Å²) in [5.74, 6) is 0.991. The molecule has 3 aromatic rings. The number of nitrogens with one attached hydrogen (secondary N) is 3. The summed E-state index contributed by atoms with van der Waals surface area (Å²) >= 11 is 0. The predicted octanol–water partition coefficient (Wildman–Crippen LogP) is 2.80. The molecule has 3 N–H and O–H groups in total. The van der Waals surface area contributed by atoms with Gasteiger partial charge in [-0.05, 0) is 69.2 Å². The molecule has 1 aliphatic heterocycles. The van der Waals surface area contributed by atoms with Crippen LogP contribution in [0.2, 0.25) is 0 Å². The van der Waals surface area contributed by atoms with Crippen molar-refractivity contribution in [2.75, 3.05) is 17.2 Å². The molecule has 9 heteroatoms. The van der Waals surface area contributed by atoms with Gasteiger partial charge in [-0.2, -0.15) is 5.10 Å². The van der Waals surface area contributed by atoms with Crippen LogP contribution in [-0.2, 0) is 9.59 Å². The molecule has 4 rings (SSSR count). The van der Waals surface area contributed by atoms with E-state index in [0.29, 0.717) is 36.7 Å². The number of carbonyl (C=O) groups excluding carboxylic acids is 2. The summed E-state index contributed by atoms with van der Waals surface area (Å²) in [6.45, 7) is 6.40. The molecule has 2 amide bonds. The van der Waals surface area contributed by atoms with Crippen molar-refractivity contribution < 1.29 is 9.59 Å². The van der Waals surface area contributed by atoms with Crippen molar-refractivity contribution in [2.45, 2.75) is 33.6 Å². The quantitative estimate of drug-likeness (QED) is 0.586. The molecule has 0 bridgehead atoms. The summed E-state index contributed by atoms with van der Waals surface area (Å²) < 4.78 is 1.79. The van der Waals surface area contributed by atoms with Crippen LogP contribution in [0.4, 0.5) is 17.2 Å². The number of benzene rings is 1. The lowest BCUT2D eigenvalue weighted by Crippen LogP contribution is -2.40. The average molecular weight is 419 g/mol. The summed E-state index contributed by atoms with van der Waals surface area (Å²) in [5.41, 5.74) is 4.69. The van der Waals surface area contributed by atoms with Crippen LogP contribution in [0.15, 0.2) is 36.4 Å². The Bertz CT molecular complexity index is 1090. The van der Waals surface area contributed by atoms with Gasteiger partial charge in [-0.3, -0.25) is 9.59 Å². The maximum Gasteiger partial charge on any atom is 0.229 e. The molecule has 1 aromatic carbocycles. The largest absolute Gasteiger partial charge is 0.355 e. The van der Waals surface area contributed by atoms with Gasteiger partial charge in [0.05, 0.1) is 11.6 Å². The Labute approximate surface area is 180 Å². The zero-order chi connectivity index (χ0) is 22.0. The van der Waals surface area contributed by atoms with Gasteiger partial charge >= 0.3 is 0 Å². The van der Waals surface area contributed by atoms with Crippen molar-refractivity contribution in [3.63, 3.8) is 0 Å². The highest BCUT2D eigenvalue weighted by Crippen LogP contribution is 2.20. The Hall–Kier alpha value is -3.75. The molecule has 1 saturated heterocycles. The summed E-state index contributed by atoms with van der Waals surface area (Å²) in [6.07, 6.45) is 0.961. The first-order valence-electron chi connectivity index (χ1n) is 10.2. The molecule has 1 atom stereocenters. The lowest BCUT2D eigenvalue weighted by atomic mass is 9.98. The topological polar surface area (TPSA) is 114 Å². The highest BCUT2D eigenvalue weighted by Gasteiger charge is 2.24. The van der Waals surface area contributed by atoms with E-state index in [1.807, 2.05) is 57.2 Å². The average Bonchev–Trinajstić information content (AvgIpc) is 3.03. The molecule has 1 fully saturated rings. The third-order valence-corrected chi connectivity index (χ3v) is 5.58. The molecule has 0 radical (unpaired) electrons. The molecule has 3 heterocycles. The number of hydrogen-bond donors (Lipinski definition) is 3. The van der Waals surface area contributed by atoms with Crippen molar-refractivity contribution in [1.82, 2.24) is 25.3 Å². The van der Waals surface area contributed by atoms with Crippen molar-refractivity contribution in [3.05, 3.63) is 53.3 Å². The monoisotopic (exact) mass is 419 g/mol. The molecule has 1 unspecified atom stereocenters. The number of carbonyl (C=O) groups is 2. The summed E-state index contributed by atoms with van der Waals surface area (Å²) in [4.78, 5) is 23.6. The number of anilines is 3. The summed E-state index contributed by atoms with van der Waals surface area (Å²) in [6, 6.07) is 11.1. The van der Waals surface area contributed by atoms with Gasteiger partial charge in [0.15, 0.2) is 11.6 Å². The lowest BCUT2D eigenvalue weighted by molar-refractivity contribution is -0.126. The minimum absolute atomic E-state index is 0.000550. The van der Waals surface area contributed by atoms with Gasteiger partial charge in [-0.1, -0.05) is 0 Å². The Balaban J connectivity index is 1.37. The highest BCUT2D eigenvalue weighted by molar-refractivity contribution is 5.94. The Morgan fingerprint density at radius 2 is 1.81 bits per heavy atom.